The average molecular weight is 377 g/mol. The zero-order valence-electron chi connectivity index (χ0n) is 13.8. The van der Waals surface area contributed by atoms with Gasteiger partial charge in [0, 0.05) is 22.9 Å². The number of carbonyl (C=O) groups excluding carboxylic acids is 1. The molecule has 0 aliphatic rings. The van der Waals surface area contributed by atoms with Gasteiger partial charge < -0.3 is 0 Å². The fourth-order valence-corrected chi connectivity index (χ4v) is 4.50. The van der Waals surface area contributed by atoms with E-state index in [0.717, 1.165) is 26.0 Å². The summed E-state index contributed by atoms with van der Waals surface area (Å²) in [6, 6.07) is 19.7. The zero-order valence-corrected chi connectivity index (χ0v) is 15.5. The third kappa shape index (κ3) is 3.81. The second-order valence-corrected chi connectivity index (χ2v) is 8.00. The number of ketones is 1. The third-order valence-corrected chi connectivity index (χ3v) is 6.03. The van der Waals surface area contributed by atoms with Crippen molar-refractivity contribution in [3.8, 4) is 0 Å². The van der Waals surface area contributed by atoms with E-state index in [1.165, 1.54) is 16.9 Å². The normalized spacial score (nSPS) is 10.9. The molecule has 0 atom stereocenters. The van der Waals surface area contributed by atoms with E-state index in [9.17, 15) is 4.79 Å². The molecule has 4 aromatic rings. The van der Waals surface area contributed by atoms with Gasteiger partial charge in [-0.15, -0.1) is 10.2 Å². The van der Waals surface area contributed by atoms with Crippen LogP contribution in [0.3, 0.4) is 0 Å². The number of pyridine rings is 1. The van der Waals surface area contributed by atoms with Gasteiger partial charge in [-0.1, -0.05) is 71.6 Å². The van der Waals surface area contributed by atoms with Crippen molar-refractivity contribution < 1.29 is 4.79 Å². The van der Waals surface area contributed by atoms with Gasteiger partial charge in [-0.3, -0.25) is 9.78 Å². The van der Waals surface area contributed by atoms with Crippen LogP contribution in [0.4, 0.5) is 0 Å². The molecule has 2 heterocycles. The molecule has 0 bridgehead atoms. The first-order valence-electron chi connectivity index (χ1n) is 8.15. The Morgan fingerprint density at radius 1 is 0.962 bits per heavy atom. The van der Waals surface area contributed by atoms with Gasteiger partial charge in [0.2, 0.25) is 0 Å². The number of hydrogen-bond acceptors (Lipinski definition) is 6. The van der Waals surface area contributed by atoms with Crippen LogP contribution < -0.4 is 0 Å². The predicted octanol–water partition coefficient (Wildman–Crippen LogP) is 4.80. The van der Waals surface area contributed by atoms with Crippen molar-refractivity contribution in [2.75, 3.05) is 0 Å². The quantitative estimate of drug-likeness (QED) is 0.357. The molecule has 0 spiro atoms. The first kappa shape index (κ1) is 16.9. The van der Waals surface area contributed by atoms with Crippen LogP contribution in [-0.4, -0.2) is 21.0 Å². The van der Waals surface area contributed by atoms with Crippen molar-refractivity contribution in [3.63, 3.8) is 0 Å². The minimum absolute atomic E-state index is 0.0186. The van der Waals surface area contributed by atoms with Crippen LogP contribution in [0.5, 0.6) is 0 Å². The molecule has 128 valence electrons. The van der Waals surface area contributed by atoms with Crippen LogP contribution in [0.1, 0.15) is 20.9 Å². The van der Waals surface area contributed by atoms with E-state index in [1.54, 1.807) is 18.0 Å². The molecule has 0 saturated carbocycles. The summed E-state index contributed by atoms with van der Waals surface area (Å²) in [5, 5.41) is 10.1. The van der Waals surface area contributed by atoms with E-state index in [-0.39, 0.29) is 12.2 Å². The number of benzene rings is 2. The number of rotatable bonds is 6. The summed E-state index contributed by atoms with van der Waals surface area (Å²) in [7, 11) is 0. The smallest absolute Gasteiger partial charge is 0.174 e. The van der Waals surface area contributed by atoms with E-state index in [2.05, 4.69) is 27.3 Å². The highest BCUT2D eigenvalue weighted by Gasteiger charge is 2.15. The molecule has 4 rings (SSSR count). The lowest BCUT2D eigenvalue weighted by Gasteiger charge is -2.03. The maximum absolute atomic E-state index is 12.7. The number of hydrogen-bond donors (Lipinski definition) is 0. The Morgan fingerprint density at radius 3 is 2.69 bits per heavy atom. The summed E-state index contributed by atoms with van der Waals surface area (Å²) in [6.45, 7) is 0. The number of para-hydroxylation sites is 1. The van der Waals surface area contributed by atoms with Crippen molar-refractivity contribution in [2.45, 2.75) is 16.5 Å². The average Bonchev–Trinajstić information content (AvgIpc) is 3.14. The van der Waals surface area contributed by atoms with Crippen molar-refractivity contribution in [1.29, 1.82) is 0 Å². The van der Waals surface area contributed by atoms with Gasteiger partial charge in [0.25, 0.3) is 0 Å². The van der Waals surface area contributed by atoms with E-state index in [4.69, 9.17) is 0 Å². The van der Waals surface area contributed by atoms with Crippen molar-refractivity contribution in [1.82, 2.24) is 15.2 Å². The SMILES string of the molecule is O=C(Cc1nnc(SCc2ccccc2)s1)c1cccc2cccnc12. The molecule has 4 nitrogen and oxygen atoms in total. The molecule has 0 unspecified atom stereocenters. The third-order valence-electron chi connectivity index (χ3n) is 3.90. The fourth-order valence-electron chi connectivity index (χ4n) is 2.65. The highest BCUT2D eigenvalue weighted by atomic mass is 32.2. The lowest BCUT2D eigenvalue weighted by Crippen LogP contribution is -2.04. The number of aromatic nitrogens is 3. The fraction of sp³-hybridized carbons (Fsp3) is 0.100. The standard InChI is InChI=1S/C20H15N3OS2/c24-17(16-10-4-8-15-9-5-11-21-19(15)16)12-18-22-23-20(26-18)25-13-14-6-2-1-3-7-14/h1-11H,12-13H2. The van der Waals surface area contributed by atoms with Gasteiger partial charge in [-0.2, -0.15) is 0 Å². The van der Waals surface area contributed by atoms with Gasteiger partial charge in [-0.25, -0.2) is 0 Å². The van der Waals surface area contributed by atoms with E-state index >= 15 is 0 Å². The molecule has 0 saturated heterocycles. The maximum atomic E-state index is 12.7. The Balaban J connectivity index is 1.46. The predicted molar refractivity (Wildman–Crippen MR) is 106 cm³/mol. The molecular formula is C20H15N3OS2. The number of nitrogens with zero attached hydrogens (tertiary/aromatic N) is 3. The topological polar surface area (TPSA) is 55.7 Å². The Bertz CT molecular complexity index is 1040. The molecule has 0 aliphatic heterocycles. The minimum atomic E-state index is 0.0186. The van der Waals surface area contributed by atoms with Gasteiger partial charge in [0.15, 0.2) is 10.1 Å². The first-order chi connectivity index (χ1) is 12.8. The van der Waals surface area contributed by atoms with Crippen molar-refractivity contribution >= 4 is 39.8 Å². The van der Waals surface area contributed by atoms with Crippen LogP contribution in [0.2, 0.25) is 0 Å². The molecule has 6 heteroatoms. The Labute approximate surface area is 159 Å². The number of carbonyl (C=O) groups is 1. The highest BCUT2D eigenvalue weighted by Crippen LogP contribution is 2.27. The van der Waals surface area contributed by atoms with Crippen molar-refractivity contribution in [2.24, 2.45) is 0 Å². The van der Waals surface area contributed by atoms with E-state index in [1.807, 2.05) is 48.5 Å². The lowest BCUT2D eigenvalue weighted by molar-refractivity contribution is 0.0994. The van der Waals surface area contributed by atoms with Crippen molar-refractivity contribution in [3.05, 3.63) is 83.0 Å². The second kappa shape index (κ2) is 7.76. The molecule has 0 radical (unpaired) electrons. The Hall–Kier alpha value is -2.57. The molecule has 0 aliphatic carbocycles. The van der Waals surface area contributed by atoms with E-state index in [0.29, 0.717) is 5.56 Å². The summed E-state index contributed by atoms with van der Waals surface area (Å²) in [6.07, 6.45) is 1.96. The minimum Gasteiger partial charge on any atom is -0.294 e. The number of Topliss-reactive ketones (excluding diaryl/α,β-unsaturated/α-hetero) is 1. The summed E-state index contributed by atoms with van der Waals surface area (Å²) >= 11 is 3.12. The molecule has 2 aromatic heterocycles. The van der Waals surface area contributed by atoms with Crippen LogP contribution in [0, 0.1) is 0 Å². The van der Waals surface area contributed by atoms with Gasteiger partial charge in [0.1, 0.15) is 5.01 Å². The lowest BCUT2D eigenvalue weighted by atomic mass is 10.0. The van der Waals surface area contributed by atoms with Crippen LogP contribution >= 0.6 is 23.1 Å². The summed E-state index contributed by atoms with van der Waals surface area (Å²) < 4.78 is 0.882. The maximum Gasteiger partial charge on any atom is 0.174 e. The molecule has 26 heavy (non-hydrogen) atoms. The zero-order chi connectivity index (χ0) is 17.8. The summed E-state index contributed by atoms with van der Waals surface area (Å²) in [4.78, 5) is 17.1. The molecule has 2 aromatic carbocycles. The molecular weight excluding hydrogens is 362 g/mol. The van der Waals surface area contributed by atoms with Gasteiger partial charge in [0.05, 0.1) is 11.9 Å². The second-order valence-electron chi connectivity index (χ2n) is 5.72. The molecule has 0 fully saturated rings. The first-order valence-corrected chi connectivity index (χ1v) is 9.96. The Morgan fingerprint density at radius 2 is 1.81 bits per heavy atom. The number of thioether (sulfide) groups is 1. The monoisotopic (exact) mass is 377 g/mol. The molecule has 0 N–H and O–H groups in total. The highest BCUT2D eigenvalue weighted by molar-refractivity contribution is 8.00. The van der Waals surface area contributed by atoms with Crippen LogP contribution in [-0.2, 0) is 12.2 Å². The van der Waals surface area contributed by atoms with Gasteiger partial charge in [-0.05, 0) is 17.7 Å². The summed E-state index contributed by atoms with van der Waals surface area (Å²) in [5.41, 5.74) is 2.62. The largest absolute Gasteiger partial charge is 0.294 e. The van der Waals surface area contributed by atoms with Gasteiger partial charge >= 0.3 is 0 Å². The van der Waals surface area contributed by atoms with E-state index < -0.39 is 0 Å². The number of fused-ring (bicyclic) bond motifs is 1. The van der Waals surface area contributed by atoms with Crippen LogP contribution in [0.25, 0.3) is 10.9 Å². The molecule has 0 amide bonds. The summed E-state index contributed by atoms with van der Waals surface area (Å²) in [5.74, 6) is 0.862. The Kier molecular flexibility index (Phi) is 5.04. The van der Waals surface area contributed by atoms with Crippen LogP contribution in [0.15, 0.2) is 71.2 Å².